The summed E-state index contributed by atoms with van der Waals surface area (Å²) in [5.74, 6) is 13.3. The van der Waals surface area contributed by atoms with E-state index in [1.54, 1.807) is 35.4 Å². The van der Waals surface area contributed by atoms with Crippen molar-refractivity contribution >= 4 is 17.3 Å². The zero-order valence-corrected chi connectivity index (χ0v) is 43.6. The number of nitrogens with two attached hydrogens (primary N) is 2. The largest absolute Gasteiger partial charge is 0.633 e. The number of benzene rings is 3. The molecule has 0 aromatic heterocycles. The normalized spacial score (nSPS) is 37.8. The van der Waals surface area contributed by atoms with Gasteiger partial charge in [-0.15, -0.1) is 0 Å². The first-order valence-electron chi connectivity index (χ1n) is 26.1. The number of Topliss-reactive ketones (excluding diaryl/α,β-unsaturated/α-hetero) is 3. The maximum absolute atomic E-state index is 13.0. The Hall–Kier alpha value is -4.93. The minimum absolute atomic E-state index is 0. The highest BCUT2D eigenvalue weighted by Crippen LogP contribution is 2.67. The standard InChI is InChI=1S/2C18H21NO4.C18H21NO3.CH4O.CH4.2H3NO/c2*1-19(21)8-7-18-11-4-5-13(20)17(18)23-16-14(22-2)6-3-10(15(16)18)9-12(11)19;1-19-8-7-18-11-4-5-13(20)17(18)22-16-14(21-2)6-3-10(15(16)18)9-12(11)19;1-2;;2*1-2/h2*3,6,11-12,17H,4-5,7-9H2,1-2H3;3,6,11-12,17H,4-5,7-9H2,1-2H3;2H,1H3;1H4;2*2H,1H2/t11-,12?,17-,18-,19+;11-,12?,17-,18-,19-;11-,12?,17-,18-;;;;/m111..../s1. The molecule has 75 heavy (non-hydrogen) atoms. The van der Waals surface area contributed by atoms with Crippen molar-refractivity contribution in [3.8, 4) is 34.5 Å². The molecule has 6 aliphatic heterocycles. The summed E-state index contributed by atoms with van der Waals surface area (Å²) in [6.07, 6.45) is 8.34. The molecule has 3 unspecified atom stereocenters. The Bertz CT molecular complexity index is 2610. The number of ketones is 3. The van der Waals surface area contributed by atoms with Gasteiger partial charge in [0.05, 0.1) is 71.4 Å². The average molecular weight is 1040 g/mol. The number of likely N-dealkylation sites (tertiary alicyclic amines) is 3. The number of rotatable bonds is 3. The van der Waals surface area contributed by atoms with Crippen LogP contribution in [-0.4, -0.2) is 153 Å². The molecule has 0 radical (unpaired) electrons. The van der Waals surface area contributed by atoms with Crippen LogP contribution in [0.15, 0.2) is 36.4 Å². The quantitative estimate of drug-likeness (QED) is 0.135. The van der Waals surface area contributed by atoms with E-state index in [9.17, 15) is 24.8 Å². The van der Waals surface area contributed by atoms with Gasteiger partial charge in [0.25, 0.3) is 0 Å². The Morgan fingerprint density at radius 2 is 0.907 bits per heavy atom. The van der Waals surface area contributed by atoms with Crippen LogP contribution in [0.25, 0.3) is 0 Å². The van der Waals surface area contributed by atoms with Crippen LogP contribution >= 0.6 is 0 Å². The number of ether oxygens (including phenoxy) is 6. The lowest BCUT2D eigenvalue weighted by Crippen LogP contribution is -2.70. The third-order valence-corrected chi connectivity index (χ3v) is 20.2. The molecule has 3 saturated carbocycles. The Kier molecular flexibility index (Phi) is 14.5. The molecule has 19 heteroatoms. The van der Waals surface area contributed by atoms with Crippen molar-refractivity contribution in [1.29, 1.82) is 0 Å². The molecule has 3 aromatic carbocycles. The first-order valence-corrected chi connectivity index (χ1v) is 26.1. The van der Waals surface area contributed by atoms with E-state index in [0.717, 1.165) is 94.4 Å². The van der Waals surface area contributed by atoms with E-state index in [-0.39, 0.29) is 80.3 Å². The lowest BCUT2D eigenvalue weighted by Gasteiger charge is -2.62. The van der Waals surface area contributed by atoms with Crippen LogP contribution in [-0.2, 0) is 49.9 Å². The van der Waals surface area contributed by atoms with Gasteiger partial charge in [-0.3, -0.25) is 14.4 Å². The van der Waals surface area contributed by atoms with Gasteiger partial charge in [0.15, 0.2) is 70.2 Å². The minimum Gasteiger partial charge on any atom is -0.633 e. The summed E-state index contributed by atoms with van der Waals surface area (Å²) >= 11 is 0. The summed E-state index contributed by atoms with van der Waals surface area (Å²) in [6.45, 7) is 2.17. The number of hydrogen-bond acceptors (Lipinski definition) is 17. The SMILES string of the molecule is C.CO.COc1ccc2c3c1O[C@@H]1C(=O)CC[C@@H]4C(C2)N(C)CC[C@@]314.COc1ccc2c3c1O[C@@H]1C(=O)CC[C@@H]4C(C2)[N@+](C)([O-])CC[C@@]314.COc1ccc2c3c1O[C@@H]1C(=O)CC[C@@H]4C(C2)[N@@+](C)([O-])CC[C@@]314.NO.NO. The van der Waals surface area contributed by atoms with Gasteiger partial charge in [-0.1, -0.05) is 25.6 Å². The first kappa shape index (κ1) is 54.8. The Labute approximate surface area is 439 Å². The van der Waals surface area contributed by atoms with Gasteiger partial charge in [-0.25, -0.2) is 11.8 Å². The van der Waals surface area contributed by atoms with E-state index in [1.165, 1.54) is 33.4 Å². The molecule has 0 amide bonds. The lowest BCUT2D eigenvalue weighted by molar-refractivity contribution is -0.899. The van der Waals surface area contributed by atoms with Crippen LogP contribution in [0.5, 0.6) is 34.5 Å². The van der Waals surface area contributed by atoms with Crippen molar-refractivity contribution in [3.63, 3.8) is 0 Å². The van der Waals surface area contributed by atoms with E-state index >= 15 is 0 Å². The molecule has 14 atom stereocenters. The van der Waals surface area contributed by atoms with Crippen molar-refractivity contribution < 1.29 is 67.6 Å². The van der Waals surface area contributed by atoms with Crippen LogP contribution in [0.4, 0.5) is 0 Å². The molecule has 19 nitrogen and oxygen atoms in total. The van der Waals surface area contributed by atoms with Gasteiger partial charge in [0.1, 0.15) is 0 Å². The van der Waals surface area contributed by atoms with Gasteiger partial charge < -0.3 is 68.5 Å². The molecule has 3 saturated heterocycles. The fraction of sp³-hybridized carbons (Fsp3) is 0.625. The Morgan fingerprint density at radius 1 is 0.573 bits per heavy atom. The summed E-state index contributed by atoms with van der Waals surface area (Å²) in [6, 6.07) is 12.8. The summed E-state index contributed by atoms with van der Waals surface area (Å²) in [7, 11) is 11.8. The zero-order valence-electron chi connectivity index (χ0n) is 43.6. The number of methoxy groups -OCH3 is 3. The second kappa shape index (κ2) is 19.8. The minimum atomic E-state index is -0.422. The Balaban J connectivity index is 0.000000130. The Morgan fingerprint density at radius 3 is 1.27 bits per heavy atom. The molecule has 15 rings (SSSR count). The number of carbonyl (C=O) groups is 3. The number of quaternary nitrogens is 2. The second-order valence-electron chi connectivity index (χ2n) is 22.7. The maximum Gasteiger partial charge on any atom is 0.174 e. The van der Waals surface area contributed by atoms with Crippen LogP contribution in [0.2, 0.25) is 0 Å². The molecule has 12 aliphatic rings. The highest BCUT2D eigenvalue weighted by atomic mass is 16.6. The fourth-order valence-electron chi connectivity index (χ4n) is 17.3. The molecule has 3 spiro atoms. The molecule has 6 aliphatic carbocycles. The highest BCUT2D eigenvalue weighted by molar-refractivity contribution is 5.91. The van der Waals surface area contributed by atoms with Crippen molar-refractivity contribution in [3.05, 3.63) is 80.2 Å². The number of nitrogens with zero attached hydrogens (tertiary/aromatic N) is 3. The third kappa shape index (κ3) is 7.39. The predicted molar refractivity (Wildman–Crippen MR) is 275 cm³/mol. The van der Waals surface area contributed by atoms with Gasteiger partial charge in [-0.2, -0.15) is 0 Å². The average Bonchev–Trinajstić information content (AvgIpc) is 4.10. The summed E-state index contributed by atoms with van der Waals surface area (Å²) in [5.41, 5.74) is 6.70. The lowest BCUT2D eigenvalue weighted by atomic mass is 9.51. The molecular weight excluding hydrogens is 967 g/mol. The van der Waals surface area contributed by atoms with Crippen LogP contribution in [0.1, 0.15) is 98.6 Å². The number of hydroxylamine groups is 6. The third-order valence-electron chi connectivity index (χ3n) is 20.2. The van der Waals surface area contributed by atoms with Gasteiger partial charge in [-0.05, 0) is 86.5 Å². The summed E-state index contributed by atoms with van der Waals surface area (Å²) in [5, 5.41) is 46.1. The molecule has 6 fully saturated rings. The topological polar surface area (TPSA) is 269 Å². The smallest absolute Gasteiger partial charge is 0.174 e. The van der Waals surface area contributed by atoms with Gasteiger partial charge >= 0.3 is 0 Å². The van der Waals surface area contributed by atoms with Crippen molar-refractivity contribution in [1.82, 2.24) is 4.90 Å². The summed E-state index contributed by atoms with van der Waals surface area (Å²) < 4.78 is 34.8. The molecule has 6 heterocycles. The number of hydrogen-bond donors (Lipinski definition) is 5. The zero-order chi connectivity index (χ0) is 53.0. The molecule has 3 aromatic rings. The summed E-state index contributed by atoms with van der Waals surface area (Å²) in [4.78, 5) is 40.4. The van der Waals surface area contributed by atoms with E-state index in [4.69, 9.17) is 43.9 Å². The van der Waals surface area contributed by atoms with E-state index in [2.05, 4.69) is 41.9 Å². The van der Waals surface area contributed by atoms with Crippen LogP contribution in [0.3, 0.4) is 0 Å². The van der Waals surface area contributed by atoms with E-state index in [0.29, 0.717) is 55.8 Å². The molecule has 6 bridgehead atoms. The van der Waals surface area contributed by atoms with Crippen LogP contribution < -0.4 is 40.2 Å². The highest BCUT2D eigenvalue weighted by Gasteiger charge is 2.70. The van der Waals surface area contributed by atoms with Crippen LogP contribution in [0, 0.1) is 28.2 Å². The molecule has 7 N–H and O–H groups in total. The number of piperidine rings is 3. The van der Waals surface area contributed by atoms with Crippen molar-refractivity contribution in [2.45, 2.75) is 137 Å². The monoisotopic (exact) mass is 1040 g/mol. The number of carbonyl (C=O) groups excluding carboxylic acids is 3. The van der Waals surface area contributed by atoms with E-state index in [1.807, 2.05) is 18.2 Å². The molecular formula is C56H77N5O14. The number of likely N-dealkylation sites (N-methyl/N-ethyl adjacent to an activating group) is 3. The number of aliphatic hydroxyl groups is 1. The van der Waals surface area contributed by atoms with Gasteiger partial charge in [0, 0.05) is 92.0 Å². The number of aliphatic hydroxyl groups excluding tert-OH is 1. The predicted octanol–water partition coefficient (Wildman–Crippen LogP) is 4.74. The molecule has 410 valence electrons. The van der Waals surface area contributed by atoms with Crippen molar-refractivity contribution in [2.24, 2.45) is 29.5 Å². The van der Waals surface area contributed by atoms with Crippen molar-refractivity contribution in [2.75, 3.05) is 69.2 Å². The van der Waals surface area contributed by atoms with E-state index < -0.39 is 12.2 Å². The fourth-order valence-corrected chi connectivity index (χ4v) is 17.3. The first-order chi connectivity index (χ1) is 35.6. The van der Waals surface area contributed by atoms with Gasteiger partial charge in [0.2, 0.25) is 0 Å². The maximum atomic E-state index is 13.0. The second-order valence-corrected chi connectivity index (χ2v) is 22.7.